The second-order valence-corrected chi connectivity index (χ2v) is 5.82. The number of rotatable bonds is 12. The van der Waals surface area contributed by atoms with Gasteiger partial charge in [-0.1, -0.05) is 0 Å². The number of aliphatic imine (C=N–C) groups is 1. The van der Waals surface area contributed by atoms with E-state index in [2.05, 4.69) is 15.2 Å². The van der Waals surface area contributed by atoms with Crippen molar-refractivity contribution in [2.24, 2.45) is 4.99 Å². The summed E-state index contributed by atoms with van der Waals surface area (Å²) in [6, 6.07) is 5.84. The largest absolute Gasteiger partial charge is 0.497 e. The molecule has 26 heavy (non-hydrogen) atoms. The number of nitrogens with zero attached hydrogens (tertiary/aromatic N) is 2. The first-order valence-corrected chi connectivity index (χ1v) is 8.85. The maximum atomic E-state index is 5.47. The van der Waals surface area contributed by atoms with Crippen LogP contribution in [0, 0.1) is 0 Å². The third-order valence-electron chi connectivity index (χ3n) is 3.91. The molecule has 1 aromatic rings. The Morgan fingerprint density at radius 2 is 1.88 bits per heavy atom. The highest BCUT2D eigenvalue weighted by Gasteiger charge is 2.11. The topological polar surface area (TPSA) is 64.6 Å². The second-order valence-electron chi connectivity index (χ2n) is 5.82. The number of unbranched alkanes of at least 4 members (excludes halogenated alkanes) is 1. The average molecular weight is 367 g/mol. The average Bonchev–Trinajstić information content (AvgIpc) is 2.67. The first-order valence-electron chi connectivity index (χ1n) is 8.85. The monoisotopic (exact) mass is 367 g/mol. The fourth-order valence-corrected chi connectivity index (χ4v) is 2.47. The molecule has 0 radical (unpaired) electrons. The number of ether oxygens (including phenoxy) is 4. The van der Waals surface area contributed by atoms with Crippen LogP contribution in [0.1, 0.15) is 18.4 Å². The molecule has 0 aliphatic rings. The first-order chi connectivity index (χ1) is 12.7. The van der Waals surface area contributed by atoms with Gasteiger partial charge in [0.15, 0.2) is 5.96 Å². The zero-order valence-electron chi connectivity index (χ0n) is 16.7. The lowest BCUT2D eigenvalue weighted by Crippen LogP contribution is -2.39. The minimum Gasteiger partial charge on any atom is -0.497 e. The maximum absolute atomic E-state index is 5.47. The van der Waals surface area contributed by atoms with Crippen LogP contribution in [-0.2, 0) is 16.0 Å². The molecule has 0 atom stereocenters. The van der Waals surface area contributed by atoms with Gasteiger partial charge in [-0.2, -0.15) is 0 Å². The number of hydrogen-bond acceptors (Lipinski definition) is 5. The van der Waals surface area contributed by atoms with E-state index in [-0.39, 0.29) is 0 Å². The molecule has 0 heterocycles. The zero-order valence-corrected chi connectivity index (χ0v) is 16.7. The molecule has 0 saturated heterocycles. The number of hydrogen-bond donors (Lipinski definition) is 1. The van der Waals surface area contributed by atoms with Crippen LogP contribution in [0.2, 0.25) is 0 Å². The second kappa shape index (κ2) is 13.2. The van der Waals surface area contributed by atoms with E-state index in [4.69, 9.17) is 18.9 Å². The molecule has 0 saturated carbocycles. The summed E-state index contributed by atoms with van der Waals surface area (Å²) in [6.07, 6.45) is 2.02. The number of nitrogens with one attached hydrogen (secondary N) is 1. The molecule has 0 spiro atoms. The van der Waals surface area contributed by atoms with E-state index in [1.54, 1.807) is 28.4 Å². The van der Waals surface area contributed by atoms with Gasteiger partial charge in [0, 0.05) is 52.5 Å². The van der Waals surface area contributed by atoms with Crippen molar-refractivity contribution in [1.29, 1.82) is 0 Å². The molecule has 1 aromatic carbocycles. The van der Waals surface area contributed by atoms with Crippen molar-refractivity contribution in [2.75, 3.05) is 61.8 Å². The number of benzene rings is 1. The van der Waals surface area contributed by atoms with Gasteiger partial charge in [-0.3, -0.25) is 4.99 Å². The van der Waals surface area contributed by atoms with Crippen molar-refractivity contribution >= 4 is 5.96 Å². The van der Waals surface area contributed by atoms with Gasteiger partial charge in [0.25, 0.3) is 0 Å². The molecular weight excluding hydrogens is 334 g/mol. The molecule has 1 N–H and O–H groups in total. The molecule has 0 aromatic heterocycles. The fourth-order valence-electron chi connectivity index (χ4n) is 2.47. The van der Waals surface area contributed by atoms with E-state index in [0.717, 1.165) is 49.0 Å². The van der Waals surface area contributed by atoms with E-state index in [1.165, 1.54) is 0 Å². The summed E-state index contributed by atoms with van der Waals surface area (Å²) >= 11 is 0. The van der Waals surface area contributed by atoms with Gasteiger partial charge < -0.3 is 29.2 Å². The molecule has 0 unspecified atom stereocenters. The van der Waals surface area contributed by atoms with Gasteiger partial charge in [-0.05, 0) is 25.0 Å². The van der Waals surface area contributed by atoms with E-state index in [0.29, 0.717) is 19.8 Å². The molecule has 1 rings (SSSR count). The summed E-state index contributed by atoms with van der Waals surface area (Å²) in [5, 5.41) is 3.38. The SMILES string of the molecule is CN=C(NCCCCOCCOC)N(C)Cc1ccc(OC)cc1OC. The molecule has 7 nitrogen and oxygen atoms in total. The lowest BCUT2D eigenvalue weighted by atomic mass is 10.2. The Morgan fingerprint density at radius 1 is 1.08 bits per heavy atom. The molecule has 0 fully saturated rings. The van der Waals surface area contributed by atoms with Gasteiger partial charge in [0.2, 0.25) is 0 Å². The van der Waals surface area contributed by atoms with Crippen molar-refractivity contribution in [2.45, 2.75) is 19.4 Å². The minimum absolute atomic E-state index is 0.643. The van der Waals surface area contributed by atoms with E-state index in [9.17, 15) is 0 Å². The first kappa shape index (κ1) is 22.1. The predicted molar refractivity (Wildman–Crippen MR) is 104 cm³/mol. The highest BCUT2D eigenvalue weighted by molar-refractivity contribution is 5.79. The predicted octanol–water partition coefficient (Wildman–Crippen LogP) is 2.15. The molecule has 7 heteroatoms. The van der Waals surface area contributed by atoms with Crippen LogP contribution in [0.15, 0.2) is 23.2 Å². The Morgan fingerprint density at radius 3 is 2.54 bits per heavy atom. The molecule has 0 aliphatic carbocycles. The van der Waals surface area contributed by atoms with Crippen LogP contribution >= 0.6 is 0 Å². The van der Waals surface area contributed by atoms with Gasteiger partial charge in [-0.15, -0.1) is 0 Å². The standard InChI is InChI=1S/C19H33N3O4/c1-20-19(21-10-6-7-11-26-13-12-23-3)22(2)15-16-8-9-17(24-4)14-18(16)25-5/h8-9,14H,6-7,10-13,15H2,1-5H3,(H,20,21). The van der Waals surface area contributed by atoms with Crippen LogP contribution in [0.3, 0.4) is 0 Å². The Labute approximate surface area is 157 Å². The molecule has 148 valence electrons. The van der Waals surface area contributed by atoms with Gasteiger partial charge in [-0.25, -0.2) is 0 Å². The van der Waals surface area contributed by atoms with Crippen LogP contribution < -0.4 is 14.8 Å². The third-order valence-corrected chi connectivity index (χ3v) is 3.91. The smallest absolute Gasteiger partial charge is 0.193 e. The van der Waals surface area contributed by atoms with Gasteiger partial charge in [0.05, 0.1) is 27.4 Å². The Balaban J connectivity index is 2.41. The number of guanidine groups is 1. The summed E-state index contributed by atoms with van der Waals surface area (Å²) in [4.78, 5) is 6.42. The zero-order chi connectivity index (χ0) is 19.2. The molecule has 0 aliphatic heterocycles. The van der Waals surface area contributed by atoms with Crippen LogP contribution in [0.4, 0.5) is 0 Å². The van der Waals surface area contributed by atoms with Crippen LogP contribution in [-0.4, -0.2) is 72.6 Å². The van der Waals surface area contributed by atoms with E-state index < -0.39 is 0 Å². The summed E-state index contributed by atoms with van der Waals surface area (Å²) in [5.74, 6) is 2.44. The van der Waals surface area contributed by atoms with E-state index >= 15 is 0 Å². The summed E-state index contributed by atoms with van der Waals surface area (Å²) in [5.41, 5.74) is 1.07. The normalized spacial score (nSPS) is 11.3. The van der Waals surface area contributed by atoms with Crippen molar-refractivity contribution in [1.82, 2.24) is 10.2 Å². The third kappa shape index (κ3) is 7.93. The van der Waals surface area contributed by atoms with Crippen molar-refractivity contribution in [3.05, 3.63) is 23.8 Å². The Bertz CT molecular complexity index is 538. The minimum atomic E-state index is 0.643. The van der Waals surface area contributed by atoms with Crippen LogP contribution in [0.5, 0.6) is 11.5 Å². The van der Waals surface area contributed by atoms with E-state index in [1.807, 2.05) is 25.2 Å². The highest BCUT2D eigenvalue weighted by atomic mass is 16.5. The maximum Gasteiger partial charge on any atom is 0.193 e. The summed E-state index contributed by atoms with van der Waals surface area (Å²) < 4.78 is 21.1. The van der Waals surface area contributed by atoms with Crippen molar-refractivity contribution < 1.29 is 18.9 Å². The Kier molecular flexibility index (Phi) is 11.2. The fraction of sp³-hybridized carbons (Fsp3) is 0.632. The summed E-state index contributed by atoms with van der Waals surface area (Å²) in [7, 11) is 8.79. The lowest BCUT2D eigenvalue weighted by Gasteiger charge is -2.23. The lowest BCUT2D eigenvalue weighted by molar-refractivity contribution is 0.0689. The van der Waals surface area contributed by atoms with Gasteiger partial charge >= 0.3 is 0 Å². The van der Waals surface area contributed by atoms with Gasteiger partial charge in [0.1, 0.15) is 11.5 Å². The molecule has 0 bridgehead atoms. The Hall–Kier alpha value is -1.99. The van der Waals surface area contributed by atoms with Crippen molar-refractivity contribution in [3.8, 4) is 11.5 Å². The highest BCUT2D eigenvalue weighted by Crippen LogP contribution is 2.25. The quantitative estimate of drug-likeness (QED) is 0.347. The number of methoxy groups -OCH3 is 3. The molecule has 0 amide bonds. The summed E-state index contributed by atoms with van der Waals surface area (Å²) in [6.45, 7) is 3.59. The van der Waals surface area contributed by atoms with Crippen LogP contribution in [0.25, 0.3) is 0 Å². The van der Waals surface area contributed by atoms with Crippen molar-refractivity contribution in [3.63, 3.8) is 0 Å². The molecular formula is C19H33N3O4.